The van der Waals surface area contributed by atoms with Crippen molar-refractivity contribution in [1.29, 1.82) is 0 Å². The summed E-state index contributed by atoms with van der Waals surface area (Å²) in [5, 5.41) is 9.12. The van der Waals surface area contributed by atoms with E-state index in [1.165, 1.54) is 11.1 Å². The summed E-state index contributed by atoms with van der Waals surface area (Å²) in [6.45, 7) is 11.2. The molecule has 1 unspecified atom stereocenters. The summed E-state index contributed by atoms with van der Waals surface area (Å²) in [6.07, 6.45) is 4.45. The van der Waals surface area contributed by atoms with Crippen LogP contribution in [0.3, 0.4) is 0 Å². The Balaban J connectivity index is 1.46. The molecule has 1 aromatic heterocycles. The number of oxazole rings is 1. The summed E-state index contributed by atoms with van der Waals surface area (Å²) in [5.41, 5.74) is 6.64. The lowest BCUT2D eigenvalue weighted by atomic mass is 9.79. The van der Waals surface area contributed by atoms with Crippen LogP contribution >= 0.6 is 0 Å². The van der Waals surface area contributed by atoms with Gasteiger partial charge in [-0.1, -0.05) is 58.0 Å². The van der Waals surface area contributed by atoms with Crippen molar-refractivity contribution >= 4 is 11.5 Å². The zero-order chi connectivity index (χ0) is 25.2. The fourth-order valence-electron chi connectivity index (χ4n) is 4.67. The number of benzene rings is 2. The Morgan fingerprint density at radius 3 is 2.63 bits per heavy atom. The van der Waals surface area contributed by atoms with Crippen LogP contribution in [0, 0.1) is 12.8 Å². The second-order valence-electron chi connectivity index (χ2n) is 10.4. The van der Waals surface area contributed by atoms with Gasteiger partial charge >= 0.3 is 5.97 Å². The van der Waals surface area contributed by atoms with E-state index in [2.05, 4.69) is 58.0 Å². The van der Waals surface area contributed by atoms with Gasteiger partial charge in [0.2, 0.25) is 5.89 Å². The third kappa shape index (κ3) is 5.67. The normalized spacial score (nSPS) is 16.8. The maximum absolute atomic E-state index is 11.1. The summed E-state index contributed by atoms with van der Waals surface area (Å²) < 4.78 is 12.2. The second-order valence-corrected chi connectivity index (χ2v) is 10.4. The highest BCUT2D eigenvalue weighted by atomic mass is 16.5. The van der Waals surface area contributed by atoms with Crippen molar-refractivity contribution in [3.63, 3.8) is 0 Å². The van der Waals surface area contributed by atoms with E-state index in [9.17, 15) is 4.79 Å². The van der Waals surface area contributed by atoms with Gasteiger partial charge in [0.25, 0.3) is 0 Å². The average molecular weight is 474 g/mol. The molecule has 5 heteroatoms. The van der Waals surface area contributed by atoms with Gasteiger partial charge in [-0.05, 0) is 66.0 Å². The minimum Gasteiger partial charge on any atom is -0.493 e. The Morgan fingerprint density at radius 2 is 1.94 bits per heavy atom. The van der Waals surface area contributed by atoms with Crippen LogP contribution in [0.25, 0.3) is 17.0 Å². The number of ether oxygens (including phenoxy) is 1. The standard InChI is InChI=1S/C30H35NO4/c1-19-9-14-25-24(23(19)15-16-28(32)33)7-6-8-27(25)34-18-17-26-20(2)35-29(31-26)21-10-12-22(13-11-21)30(3,4)5/h6-8,10-13,15,19H,9,14,16-18H2,1-5H3,(H,32,33)/b23-15-. The highest BCUT2D eigenvalue weighted by Crippen LogP contribution is 2.39. The number of hydrogen-bond donors (Lipinski definition) is 1. The molecule has 0 fully saturated rings. The van der Waals surface area contributed by atoms with Gasteiger partial charge in [0.15, 0.2) is 0 Å². The van der Waals surface area contributed by atoms with Gasteiger partial charge < -0.3 is 14.3 Å². The number of aryl methyl sites for hydroxylation is 1. The number of rotatable bonds is 7. The first-order valence-electron chi connectivity index (χ1n) is 12.4. The Kier molecular flexibility index (Phi) is 7.15. The van der Waals surface area contributed by atoms with Gasteiger partial charge in [0.1, 0.15) is 11.5 Å². The molecule has 0 saturated heterocycles. The zero-order valence-electron chi connectivity index (χ0n) is 21.4. The van der Waals surface area contributed by atoms with E-state index in [1.54, 1.807) is 0 Å². The van der Waals surface area contributed by atoms with Crippen LogP contribution in [-0.2, 0) is 23.1 Å². The smallest absolute Gasteiger partial charge is 0.307 e. The monoisotopic (exact) mass is 473 g/mol. The summed E-state index contributed by atoms with van der Waals surface area (Å²) in [7, 11) is 0. The molecule has 0 amide bonds. The molecule has 1 N–H and O–H groups in total. The molecule has 4 rings (SSSR count). The van der Waals surface area contributed by atoms with Gasteiger partial charge in [-0.3, -0.25) is 4.79 Å². The van der Waals surface area contributed by atoms with Crippen molar-refractivity contribution < 1.29 is 19.1 Å². The van der Waals surface area contributed by atoms with E-state index in [-0.39, 0.29) is 11.8 Å². The third-order valence-corrected chi connectivity index (χ3v) is 6.79. The van der Waals surface area contributed by atoms with Crippen LogP contribution in [0.1, 0.15) is 68.7 Å². The van der Waals surface area contributed by atoms with Crippen LogP contribution in [0.4, 0.5) is 0 Å². The molecule has 184 valence electrons. The molecule has 0 saturated carbocycles. The maximum atomic E-state index is 11.1. The highest BCUT2D eigenvalue weighted by Gasteiger charge is 2.23. The lowest BCUT2D eigenvalue weighted by molar-refractivity contribution is -0.136. The molecule has 5 nitrogen and oxygen atoms in total. The topological polar surface area (TPSA) is 72.6 Å². The third-order valence-electron chi connectivity index (χ3n) is 6.79. The summed E-state index contributed by atoms with van der Waals surface area (Å²) in [4.78, 5) is 15.8. The molecule has 3 aromatic rings. The molecule has 35 heavy (non-hydrogen) atoms. The number of aromatic nitrogens is 1. The minimum absolute atomic E-state index is 0.0386. The van der Waals surface area contributed by atoms with Crippen molar-refractivity contribution in [2.24, 2.45) is 5.92 Å². The Hall–Kier alpha value is -3.34. The lowest BCUT2D eigenvalue weighted by Crippen LogP contribution is -2.13. The Labute approximate surface area is 207 Å². The van der Waals surface area contributed by atoms with Crippen LogP contribution in [0.15, 0.2) is 53.0 Å². The number of carboxylic acid groups (broad SMARTS) is 1. The van der Waals surface area contributed by atoms with Crippen molar-refractivity contribution in [2.75, 3.05) is 6.61 Å². The zero-order valence-corrected chi connectivity index (χ0v) is 21.4. The molecule has 0 spiro atoms. The average Bonchev–Trinajstić information content (AvgIpc) is 3.18. The first kappa shape index (κ1) is 24.8. The van der Waals surface area contributed by atoms with Crippen LogP contribution in [0.5, 0.6) is 5.75 Å². The fraction of sp³-hybridized carbons (Fsp3) is 0.400. The molecule has 1 aliphatic rings. The van der Waals surface area contributed by atoms with Crippen molar-refractivity contribution in [3.8, 4) is 17.2 Å². The van der Waals surface area contributed by atoms with Crippen LogP contribution in [-0.4, -0.2) is 22.7 Å². The maximum Gasteiger partial charge on any atom is 0.307 e. The molecule has 0 radical (unpaired) electrons. The van der Waals surface area contributed by atoms with E-state index in [0.29, 0.717) is 24.8 Å². The van der Waals surface area contributed by atoms with E-state index < -0.39 is 5.97 Å². The SMILES string of the molecule is Cc1oc(-c2ccc(C(C)(C)C)cc2)nc1CCOc1cccc2c1CCC(C)/C2=C/CC(=O)O. The lowest BCUT2D eigenvalue weighted by Gasteiger charge is -2.27. The summed E-state index contributed by atoms with van der Waals surface area (Å²) >= 11 is 0. The quantitative estimate of drug-likeness (QED) is 0.400. The largest absolute Gasteiger partial charge is 0.493 e. The number of nitrogens with zero attached hydrogens (tertiary/aromatic N) is 1. The van der Waals surface area contributed by atoms with E-state index >= 15 is 0 Å². The molecular weight excluding hydrogens is 438 g/mol. The van der Waals surface area contributed by atoms with Gasteiger partial charge in [0.05, 0.1) is 18.7 Å². The van der Waals surface area contributed by atoms with Crippen molar-refractivity contribution in [3.05, 3.63) is 76.7 Å². The molecule has 0 aliphatic heterocycles. The van der Waals surface area contributed by atoms with Gasteiger partial charge in [-0.25, -0.2) is 4.98 Å². The molecular formula is C30H35NO4. The van der Waals surface area contributed by atoms with E-state index in [1.807, 2.05) is 25.1 Å². The Morgan fingerprint density at radius 1 is 1.20 bits per heavy atom. The first-order chi connectivity index (χ1) is 16.6. The number of carbonyl (C=O) groups is 1. The van der Waals surface area contributed by atoms with Crippen molar-refractivity contribution in [2.45, 2.75) is 65.7 Å². The summed E-state index contributed by atoms with van der Waals surface area (Å²) in [5.74, 6) is 1.85. The minimum atomic E-state index is -0.809. The highest BCUT2D eigenvalue weighted by molar-refractivity contribution is 5.77. The fourth-order valence-corrected chi connectivity index (χ4v) is 4.67. The number of hydrogen-bond acceptors (Lipinski definition) is 4. The second kappa shape index (κ2) is 10.1. The molecule has 1 heterocycles. The molecule has 1 atom stereocenters. The molecule has 2 aromatic carbocycles. The predicted octanol–water partition coefficient (Wildman–Crippen LogP) is 7.01. The number of fused-ring (bicyclic) bond motifs is 1. The molecule has 0 bridgehead atoms. The van der Waals surface area contributed by atoms with Gasteiger partial charge in [0, 0.05) is 17.5 Å². The molecule has 1 aliphatic carbocycles. The number of allylic oxidation sites excluding steroid dienone is 1. The van der Waals surface area contributed by atoms with E-state index in [0.717, 1.165) is 46.7 Å². The van der Waals surface area contributed by atoms with Gasteiger partial charge in [-0.15, -0.1) is 0 Å². The Bertz CT molecular complexity index is 1230. The van der Waals surface area contributed by atoms with Crippen LogP contribution < -0.4 is 4.74 Å². The number of aliphatic carboxylic acids is 1. The summed E-state index contributed by atoms with van der Waals surface area (Å²) in [6, 6.07) is 14.5. The van der Waals surface area contributed by atoms with E-state index in [4.69, 9.17) is 19.2 Å². The predicted molar refractivity (Wildman–Crippen MR) is 139 cm³/mol. The van der Waals surface area contributed by atoms with Gasteiger partial charge in [-0.2, -0.15) is 0 Å². The first-order valence-corrected chi connectivity index (χ1v) is 12.4. The van der Waals surface area contributed by atoms with Crippen molar-refractivity contribution in [1.82, 2.24) is 4.98 Å². The van der Waals surface area contributed by atoms with Crippen LogP contribution in [0.2, 0.25) is 0 Å². The number of carboxylic acids is 1.